The first-order valence-electron chi connectivity index (χ1n) is 6.26. The zero-order valence-electron chi connectivity index (χ0n) is 11.7. The highest BCUT2D eigenvalue weighted by Crippen LogP contribution is 1.86. The lowest BCUT2D eigenvalue weighted by atomic mass is 10.3. The number of carbonyl (C=O) groups excluding carboxylic acids is 2. The molecule has 0 aromatic carbocycles. The van der Waals surface area contributed by atoms with Gasteiger partial charge in [-0.25, -0.2) is 0 Å². The van der Waals surface area contributed by atoms with Crippen LogP contribution in [0.5, 0.6) is 0 Å². The Labute approximate surface area is 109 Å². The number of carbonyl (C=O) groups is 2. The van der Waals surface area contributed by atoms with E-state index in [9.17, 15) is 9.59 Å². The third-order valence-electron chi connectivity index (χ3n) is 2.25. The van der Waals surface area contributed by atoms with E-state index in [0.29, 0.717) is 26.1 Å². The second kappa shape index (κ2) is 9.85. The van der Waals surface area contributed by atoms with E-state index < -0.39 is 0 Å². The van der Waals surface area contributed by atoms with Crippen LogP contribution in [0.25, 0.3) is 0 Å². The summed E-state index contributed by atoms with van der Waals surface area (Å²) in [4.78, 5) is 22.9. The second-order valence-corrected chi connectivity index (χ2v) is 4.43. The van der Waals surface area contributed by atoms with Crippen LogP contribution in [-0.4, -0.2) is 50.7 Å². The maximum atomic E-state index is 11.5. The third-order valence-corrected chi connectivity index (χ3v) is 2.25. The molecule has 6 nitrogen and oxygen atoms in total. The molecule has 0 bridgehead atoms. The molecular formula is C12H25N3O3. The largest absolute Gasteiger partial charge is 0.383 e. The van der Waals surface area contributed by atoms with Crippen molar-refractivity contribution >= 4 is 11.8 Å². The maximum absolute atomic E-state index is 11.5. The molecule has 0 rings (SSSR count). The molecule has 18 heavy (non-hydrogen) atoms. The van der Waals surface area contributed by atoms with E-state index in [-0.39, 0.29) is 23.9 Å². The summed E-state index contributed by atoms with van der Waals surface area (Å²) < 4.78 is 4.83. The molecule has 0 spiro atoms. The average Bonchev–Trinajstić information content (AvgIpc) is 2.28. The number of hydrogen-bond donors (Lipinski definition) is 3. The number of rotatable bonds is 9. The molecule has 0 aliphatic heterocycles. The van der Waals surface area contributed by atoms with Crippen molar-refractivity contribution < 1.29 is 14.3 Å². The molecule has 0 saturated carbocycles. The second-order valence-electron chi connectivity index (χ2n) is 4.43. The van der Waals surface area contributed by atoms with Crippen molar-refractivity contribution in [3.05, 3.63) is 0 Å². The lowest BCUT2D eigenvalue weighted by molar-refractivity contribution is -0.124. The fourth-order valence-electron chi connectivity index (χ4n) is 1.32. The smallest absolute Gasteiger partial charge is 0.236 e. The van der Waals surface area contributed by atoms with E-state index in [1.54, 1.807) is 14.0 Å². The SMILES string of the molecule is COCCNC(=O)C(C)NCCC(=O)NC(C)C. The first-order chi connectivity index (χ1) is 8.47. The van der Waals surface area contributed by atoms with Gasteiger partial charge in [-0.15, -0.1) is 0 Å². The van der Waals surface area contributed by atoms with Gasteiger partial charge in [0.15, 0.2) is 0 Å². The zero-order chi connectivity index (χ0) is 14.0. The Morgan fingerprint density at radius 3 is 2.39 bits per heavy atom. The minimum absolute atomic E-state index is 0.00973. The van der Waals surface area contributed by atoms with E-state index in [1.165, 1.54) is 0 Å². The molecule has 0 saturated heterocycles. The molecule has 0 heterocycles. The van der Waals surface area contributed by atoms with Gasteiger partial charge in [-0.05, 0) is 20.8 Å². The van der Waals surface area contributed by atoms with Gasteiger partial charge in [-0.2, -0.15) is 0 Å². The molecule has 6 heteroatoms. The molecule has 0 aromatic heterocycles. The monoisotopic (exact) mass is 259 g/mol. The van der Waals surface area contributed by atoms with Crippen molar-refractivity contribution in [1.82, 2.24) is 16.0 Å². The van der Waals surface area contributed by atoms with Gasteiger partial charge in [0.25, 0.3) is 0 Å². The Hall–Kier alpha value is -1.14. The quantitative estimate of drug-likeness (QED) is 0.494. The fraction of sp³-hybridized carbons (Fsp3) is 0.833. The third kappa shape index (κ3) is 8.95. The lowest BCUT2D eigenvalue weighted by Crippen LogP contribution is -2.44. The highest BCUT2D eigenvalue weighted by molar-refractivity contribution is 5.81. The fourth-order valence-corrected chi connectivity index (χ4v) is 1.32. The molecule has 0 aliphatic rings. The van der Waals surface area contributed by atoms with Crippen molar-refractivity contribution in [3.63, 3.8) is 0 Å². The normalized spacial score (nSPS) is 12.3. The molecule has 2 amide bonds. The van der Waals surface area contributed by atoms with Crippen LogP contribution in [0.2, 0.25) is 0 Å². The molecule has 0 radical (unpaired) electrons. The van der Waals surface area contributed by atoms with Crippen molar-refractivity contribution in [2.24, 2.45) is 0 Å². The summed E-state index contributed by atoms with van der Waals surface area (Å²) in [5, 5.41) is 8.52. The molecule has 0 fully saturated rings. The van der Waals surface area contributed by atoms with Crippen LogP contribution in [-0.2, 0) is 14.3 Å². The summed E-state index contributed by atoms with van der Waals surface area (Å²) >= 11 is 0. The number of amides is 2. The van der Waals surface area contributed by atoms with Crippen molar-refractivity contribution in [2.45, 2.75) is 39.3 Å². The van der Waals surface area contributed by atoms with Crippen molar-refractivity contribution in [2.75, 3.05) is 26.8 Å². The first kappa shape index (κ1) is 16.9. The van der Waals surface area contributed by atoms with Gasteiger partial charge in [0, 0.05) is 32.7 Å². The van der Waals surface area contributed by atoms with Gasteiger partial charge < -0.3 is 20.7 Å². The highest BCUT2D eigenvalue weighted by atomic mass is 16.5. The Bertz CT molecular complexity index is 257. The van der Waals surface area contributed by atoms with Crippen LogP contribution in [0.15, 0.2) is 0 Å². The van der Waals surface area contributed by atoms with Crippen LogP contribution in [0, 0.1) is 0 Å². The van der Waals surface area contributed by atoms with Gasteiger partial charge in [-0.1, -0.05) is 0 Å². The van der Waals surface area contributed by atoms with Crippen LogP contribution < -0.4 is 16.0 Å². The summed E-state index contributed by atoms with van der Waals surface area (Å²) in [6.45, 7) is 7.07. The molecule has 1 atom stereocenters. The number of hydrogen-bond acceptors (Lipinski definition) is 4. The Morgan fingerprint density at radius 1 is 1.17 bits per heavy atom. The molecule has 3 N–H and O–H groups in total. The zero-order valence-corrected chi connectivity index (χ0v) is 11.7. The summed E-state index contributed by atoms with van der Waals surface area (Å²) in [7, 11) is 1.58. The Kier molecular flexibility index (Phi) is 9.22. The Morgan fingerprint density at radius 2 is 1.83 bits per heavy atom. The minimum Gasteiger partial charge on any atom is -0.383 e. The lowest BCUT2D eigenvalue weighted by Gasteiger charge is -2.14. The van der Waals surface area contributed by atoms with Crippen molar-refractivity contribution in [3.8, 4) is 0 Å². The summed E-state index contributed by atoms with van der Waals surface area (Å²) in [5.74, 6) is -0.0965. The van der Waals surface area contributed by atoms with E-state index in [2.05, 4.69) is 16.0 Å². The molecular weight excluding hydrogens is 234 g/mol. The van der Waals surface area contributed by atoms with Crippen LogP contribution in [0.1, 0.15) is 27.2 Å². The molecule has 0 aliphatic carbocycles. The maximum Gasteiger partial charge on any atom is 0.236 e. The van der Waals surface area contributed by atoms with E-state index in [4.69, 9.17) is 4.74 Å². The highest BCUT2D eigenvalue weighted by Gasteiger charge is 2.11. The summed E-state index contributed by atoms with van der Waals surface area (Å²) in [6.07, 6.45) is 0.369. The van der Waals surface area contributed by atoms with E-state index in [1.807, 2.05) is 13.8 Å². The van der Waals surface area contributed by atoms with Gasteiger partial charge >= 0.3 is 0 Å². The van der Waals surface area contributed by atoms with Crippen LogP contribution >= 0.6 is 0 Å². The average molecular weight is 259 g/mol. The number of nitrogens with one attached hydrogen (secondary N) is 3. The standard InChI is InChI=1S/C12H25N3O3/c1-9(2)15-11(16)5-6-13-10(3)12(17)14-7-8-18-4/h9-10,13H,5-8H2,1-4H3,(H,14,17)(H,15,16). The van der Waals surface area contributed by atoms with Gasteiger partial charge in [0.1, 0.15) is 0 Å². The van der Waals surface area contributed by atoms with E-state index >= 15 is 0 Å². The minimum atomic E-state index is -0.311. The van der Waals surface area contributed by atoms with Gasteiger partial charge in [-0.3, -0.25) is 9.59 Å². The van der Waals surface area contributed by atoms with E-state index in [0.717, 1.165) is 0 Å². The van der Waals surface area contributed by atoms with Crippen LogP contribution in [0.3, 0.4) is 0 Å². The number of methoxy groups -OCH3 is 1. The number of ether oxygens (including phenoxy) is 1. The van der Waals surface area contributed by atoms with Crippen molar-refractivity contribution in [1.29, 1.82) is 0 Å². The first-order valence-corrected chi connectivity index (χ1v) is 6.26. The summed E-state index contributed by atoms with van der Waals surface area (Å²) in [6, 6.07) is -0.166. The summed E-state index contributed by atoms with van der Waals surface area (Å²) in [5.41, 5.74) is 0. The van der Waals surface area contributed by atoms with Gasteiger partial charge in [0.2, 0.25) is 11.8 Å². The Balaban J connectivity index is 3.66. The predicted octanol–water partition coefficient (Wildman–Crippen LogP) is -0.358. The molecule has 106 valence electrons. The predicted molar refractivity (Wildman–Crippen MR) is 70.2 cm³/mol. The topological polar surface area (TPSA) is 79.5 Å². The molecule has 0 aromatic rings. The molecule has 1 unspecified atom stereocenters. The van der Waals surface area contributed by atoms with Gasteiger partial charge in [0.05, 0.1) is 12.6 Å². The van der Waals surface area contributed by atoms with Crippen LogP contribution in [0.4, 0.5) is 0 Å².